The lowest BCUT2D eigenvalue weighted by Crippen LogP contribution is -1.97. The molecular weight excluding hydrogens is 266 g/mol. The van der Waals surface area contributed by atoms with Crippen LogP contribution in [0.1, 0.15) is 5.69 Å². The van der Waals surface area contributed by atoms with Crippen molar-refractivity contribution in [3.05, 3.63) is 48.5 Å². The SMILES string of the molecule is COc1cccc2cc(Nc3cnc(C#N)cn3)ncc12. The summed E-state index contributed by atoms with van der Waals surface area (Å²) in [5.41, 5.74) is 0.275. The first-order valence-electron chi connectivity index (χ1n) is 6.22. The van der Waals surface area contributed by atoms with E-state index in [2.05, 4.69) is 20.3 Å². The lowest BCUT2D eigenvalue weighted by atomic mass is 10.1. The molecule has 3 rings (SSSR count). The molecule has 2 aromatic heterocycles. The van der Waals surface area contributed by atoms with Crippen molar-refractivity contribution >= 4 is 22.4 Å². The molecule has 0 aliphatic rings. The first kappa shape index (κ1) is 12.8. The molecule has 0 saturated heterocycles. The Bertz CT molecular complexity index is 824. The molecule has 1 aromatic carbocycles. The molecule has 0 aliphatic carbocycles. The van der Waals surface area contributed by atoms with E-state index in [1.54, 1.807) is 13.3 Å². The number of nitrogens with one attached hydrogen (secondary N) is 1. The highest BCUT2D eigenvalue weighted by Crippen LogP contribution is 2.26. The molecule has 0 atom stereocenters. The van der Waals surface area contributed by atoms with Crippen LogP contribution in [0.5, 0.6) is 5.75 Å². The molecule has 6 heteroatoms. The highest BCUT2D eigenvalue weighted by molar-refractivity contribution is 5.89. The van der Waals surface area contributed by atoms with E-state index in [-0.39, 0.29) is 5.69 Å². The molecule has 3 aromatic rings. The van der Waals surface area contributed by atoms with Crippen LogP contribution in [0.15, 0.2) is 42.9 Å². The molecule has 0 bridgehead atoms. The second kappa shape index (κ2) is 5.43. The molecule has 0 unspecified atom stereocenters. The first-order valence-corrected chi connectivity index (χ1v) is 6.22. The summed E-state index contributed by atoms with van der Waals surface area (Å²) in [5.74, 6) is 1.96. The number of nitriles is 1. The molecule has 102 valence electrons. The molecule has 0 aliphatic heterocycles. The monoisotopic (exact) mass is 277 g/mol. The topological polar surface area (TPSA) is 83.7 Å². The van der Waals surface area contributed by atoms with Gasteiger partial charge in [-0.05, 0) is 17.5 Å². The number of aromatic nitrogens is 3. The Morgan fingerprint density at radius 1 is 1.10 bits per heavy atom. The number of anilines is 2. The summed E-state index contributed by atoms with van der Waals surface area (Å²) >= 11 is 0. The second-order valence-corrected chi connectivity index (χ2v) is 4.27. The van der Waals surface area contributed by atoms with Gasteiger partial charge >= 0.3 is 0 Å². The minimum atomic E-state index is 0.275. The van der Waals surface area contributed by atoms with Crippen molar-refractivity contribution < 1.29 is 4.74 Å². The van der Waals surface area contributed by atoms with E-state index in [1.807, 2.05) is 30.3 Å². The molecule has 0 radical (unpaired) electrons. The van der Waals surface area contributed by atoms with Crippen molar-refractivity contribution in [2.75, 3.05) is 12.4 Å². The second-order valence-electron chi connectivity index (χ2n) is 4.27. The Labute approximate surface area is 121 Å². The summed E-state index contributed by atoms with van der Waals surface area (Å²) < 4.78 is 5.30. The van der Waals surface area contributed by atoms with Crippen LogP contribution in [0.25, 0.3) is 10.8 Å². The average molecular weight is 277 g/mol. The van der Waals surface area contributed by atoms with Crippen LogP contribution in [-0.2, 0) is 0 Å². The maximum absolute atomic E-state index is 8.69. The number of pyridine rings is 1. The van der Waals surface area contributed by atoms with Gasteiger partial charge in [0.25, 0.3) is 0 Å². The number of ether oxygens (including phenoxy) is 1. The zero-order valence-electron chi connectivity index (χ0n) is 11.2. The maximum atomic E-state index is 8.69. The highest BCUT2D eigenvalue weighted by Gasteiger charge is 2.04. The van der Waals surface area contributed by atoms with Gasteiger partial charge in [0.15, 0.2) is 5.69 Å². The Morgan fingerprint density at radius 3 is 2.67 bits per heavy atom. The summed E-state index contributed by atoms with van der Waals surface area (Å²) in [6.45, 7) is 0. The van der Waals surface area contributed by atoms with Gasteiger partial charge < -0.3 is 10.1 Å². The molecule has 2 heterocycles. The van der Waals surface area contributed by atoms with E-state index < -0.39 is 0 Å². The van der Waals surface area contributed by atoms with Crippen LogP contribution in [-0.4, -0.2) is 22.1 Å². The van der Waals surface area contributed by atoms with E-state index in [4.69, 9.17) is 10.00 Å². The number of benzene rings is 1. The van der Waals surface area contributed by atoms with Crippen molar-refractivity contribution in [1.29, 1.82) is 5.26 Å². The number of methoxy groups -OCH3 is 1. The van der Waals surface area contributed by atoms with Crippen LogP contribution >= 0.6 is 0 Å². The average Bonchev–Trinajstić information content (AvgIpc) is 2.54. The Morgan fingerprint density at radius 2 is 1.95 bits per heavy atom. The van der Waals surface area contributed by atoms with Gasteiger partial charge in [-0.3, -0.25) is 0 Å². The fourth-order valence-electron chi connectivity index (χ4n) is 1.97. The van der Waals surface area contributed by atoms with Crippen molar-refractivity contribution in [2.24, 2.45) is 0 Å². The summed E-state index contributed by atoms with van der Waals surface area (Å²) in [5, 5.41) is 13.7. The van der Waals surface area contributed by atoms with E-state index in [1.165, 1.54) is 12.4 Å². The minimum absolute atomic E-state index is 0.275. The van der Waals surface area contributed by atoms with Gasteiger partial charge in [0.05, 0.1) is 19.5 Å². The highest BCUT2D eigenvalue weighted by atomic mass is 16.5. The maximum Gasteiger partial charge on any atom is 0.158 e. The van der Waals surface area contributed by atoms with E-state index in [0.29, 0.717) is 11.6 Å². The zero-order valence-corrected chi connectivity index (χ0v) is 11.2. The number of nitrogens with zero attached hydrogens (tertiary/aromatic N) is 4. The quantitative estimate of drug-likeness (QED) is 0.792. The lowest BCUT2D eigenvalue weighted by Gasteiger charge is -2.08. The molecule has 1 N–H and O–H groups in total. The van der Waals surface area contributed by atoms with E-state index >= 15 is 0 Å². The first-order chi connectivity index (χ1) is 10.3. The van der Waals surface area contributed by atoms with Gasteiger partial charge in [0.2, 0.25) is 0 Å². The molecular formula is C15H11N5O. The Balaban J connectivity index is 1.92. The molecule has 0 amide bonds. The third-order valence-electron chi connectivity index (χ3n) is 2.97. The summed E-state index contributed by atoms with van der Waals surface area (Å²) in [6.07, 6.45) is 4.65. The van der Waals surface area contributed by atoms with Crippen LogP contribution < -0.4 is 10.1 Å². The lowest BCUT2D eigenvalue weighted by molar-refractivity contribution is 0.419. The predicted octanol–water partition coefficient (Wildman–Crippen LogP) is 2.65. The van der Waals surface area contributed by atoms with Crippen molar-refractivity contribution in [3.8, 4) is 11.8 Å². The van der Waals surface area contributed by atoms with Gasteiger partial charge in [-0.2, -0.15) is 5.26 Å². The standard InChI is InChI=1S/C15H11N5O/c1-21-13-4-2-3-10-5-14(19-8-12(10)13)20-15-9-17-11(6-16)7-18-15/h2-5,7-9H,1H3,(H,18,19,20). The van der Waals surface area contributed by atoms with Gasteiger partial charge in [-0.25, -0.2) is 15.0 Å². The normalized spacial score (nSPS) is 10.1. The summed E-state index contributed by atoms with van der Waals surface area (Å²) in [7, 11) is 1.63. The molecule has 21 heavy (non-hydrogen) atoms. The molecule has 0 saturated carbocycles. The van der Waals surface area contributed by atoms with Crippen LogP contribution in [0.4, 0.5) is 11.6 Å². The fourth-order valence-corrected chi connectivity index (χ4v) is 1.97. The Kier molecular flexibility index (Phi) is 3.31. The van der Waals surface area contributed by atoms with Crippen LogP contribution in [0.3, 0.4) is 0 Å². The van der Waals surface area contributed by atoms with Crippen LogP contribution in [0.2, 0.25) is 0 Å². The smallest absolute Gasteiger partial charge is 0.158 e. The van der Waals surface area contributed by atoms with Gasteiger partial charge in [0, 0.05) is 11.6 Å². The van der Waals surface area contributed by atoms with Crippen molar-refractivity contribution in [2.45, 2.75) is 0 Å². The number of fused-ring (bicyclic) bond motifs is 1. The molecule has 0 spiro atoms. The van der Waals surface area contributed by atoms with Gasteiger partial charge in [-0.15, -0.1) is 0 Å². The number of hydrogen-bond acceptors (Lipinski definition) is 6. The number of hydrogen-bond donors (Lipinski definition) is 1. The third kappa shape index (κ3) is 2.58. The molecule has 6 nitrogen and oxygen atoms in total. The van der Waals surface area contributed by atoms with Crippen molar-refractivity contribution in [3.63, 3.8) is 0 Å². The molecule has 0 fully saturated rings. The Hall–Kier alpha value is -3.20. The van der Waals surface area contributed by atoms with E-state index in [9.17, 15) is 0 Å². The fraction of sp³-hybridized carbons (Fsp3) is 0.0667. The van der Waals surface area contributed by atoms with Gasteiger partial charge in [0.1, 0.15) is 23.5 Å². The number of rotatable bonds is 3. The van der Waals surface area contributed by atoms with E-state index in [0.717, 1.165) is 16.5 Å². The van der Waals surface area contributed by atoms with Crippen molar-refractivity contribution in [1.82, 2.24) is 15.0 Å². The third-order valence-corrected chi connectivity index (χ3v) is 2.97. The zero-order chi connectivity index (χ0) is 14.7. The summed E-state index contributed by atoms with van der Waals surface area (Å²) in [4.78, 5) is 12.4. The summed E-state index contributed by atoms with van der Waals surface area (Å²) in [6, 6.07) is 9.62. The largest absolute Gasteiger partial charge is 0.496 e. The minimum Gasteiger partial charge on any atom is -0.496 e. The van der Waals surface area contributed by atoms with Gasteiger partial charge in [-0.1, -0.05) is 12.1 Å². The predicted molar refractivity (Wildman–Crippen MR) is 78.3 cm³/mol. The van der Waals surface area contributed by atoms with Crippen LogP contribution in [0, 0.1) is 11.3 Å².